The SMILES string of the molecule is O=C(Cc1ccccc1C(F)(F)F)N1C[C@@H](Cc2ccccn2)[C@H](O)C1. The summed E-state index contributed by atoms with van der Waals surface area (Å²) >= 11 is 0. The van der Waals surface area contributed by atoms with E-state index in [2.05, 4.69) is 4.98 Å². The van der Waals surface area contributed by atoms with Gasteiger partial charge in [-0.1, -0.05) is 24.3 Å². The van der Waals surface area contributed by atoms with Crippen LogP contribution < -0.4 is 0 Å². The monoisotopic (exact) mass is 364 g/mol. The summed E-state index contributed by atoms with van der Waals surface area (Å²) in [6.45, 7) is 0.440. The molecule has 0 aliphatic carbocycles. The number of aliphatic hydroxyl groups excluding tert-OH is 1. The van der Waals surface area contributed by atoms with E-state index in [1.165, 1.54) is 23.1 Å². The molecule has 26 heavy (non-hydrogen) atoms. The fraction of sp³-hybridized carbons (Fsp3) is 0.368. The first-order chi connectivity index (χ1) is 12.3. The first-order valence-corrected chi connectivity index (χ1v) is 8.35. The van der Waals surface area contributed by atoms with Crippen LogP contribution in [-0.4, -0.2) is 40.1 Å². The van der Waals surface area contributed by atoms with Crippen molar-refractivity contribution in [1.29, 1.82) is 0 Å². The summed E-state index contributed by atoms with van der Waals surface area (Å²) < 4.78 is 39.2. The molecular weight excluding hydrogens is 345 g/mol. The zero-order valence-corrected chi connectivity index (χ0v) is 14.0. The molecule has 138 valence electrons. The molecule has 2 atom stereocenters. The molecule has 1 aromatic heterocycles. The van der Waals surface area contributed by atoms with Crippen LogP contribution in [0.2, 0.25) is 0 Å². The average molecular weight is 364 g/mol. The second-order valence-corrected chi connectivity index (χ2v) is 6.48. The van der Waals surface area contributed by atoms with Gasteiger partial charge in [0.25, 0.3) is 0 Å². The van der Waals surface area contributed by atoms with Crippen molar-refractivity contribution in [1.82, 2.24) is 9.88 Å². The minimum Gasteiger partial charge on any atom is -0.391 e. The third-order valence-corrected chi connectivity index (χ3v) is 4.62. The normalized spacial score (nSPS) is 20.4. The molecule has 0 radical (unpaired) electrons. The quantitative estimate of drug-likeness (QED) is 0.908. The molecule has 1 aromatic carbocycles. The molecule has 7 heteroatoms. The number of pyridine rings is 1. The molecule has 2 aromatic rings. The van der Waals surface area contributed by atoms with Gasteiger partial charge >= 0.3 is 6.18 Å². The van der Waals surface area contributed by atoms with Crippen molar-refractivity contribution in [3.63, 3.8) is 0 Å². The van der Waals surface area contributed by atoms with Gasteiger partial charge in [-0.05, 0) is 30.2 Å². The molecule has 0 spiro atoms. The number of halogens is 3. The summed E-state index contributed by atoms with van der Waals surface area (Å²) in [5.41, 5.74) is -0.0286. The van der Waals surface area contributed by atoms with Crippen molar-refractivity contribution in [2.45, 2.75) is 25.1 Å². The highest BCUT2D eigenvalue weighted by Crippen LogP contribution is 2.32. The number of hydrogen-bond acceptors (Lipinski definition) is 3. The van der Waals surface area contributed by atoms with E-state index in [-0.39, 0.29) is 24.4 Å². The standard InChI is InChI=1S/C19H19F3N2O2/c20-19(21,22)16-7-2-1-5-13(16)10-18(26)24-11-14(17(25)12-24)9-15-6-3-4-8-23-15/h1-8,14,17,25H,9-12H2/t14-,17-/m1/s1. The number of rotatable bonds is 4. The van der Waals surface area contributed by atoms with Gasteiger partial charge in [0.2, 0.25) is 5.91 Å². The molecule has 1 saturated heterocycles. The van der Waals surface area contributed by atoms with Crippen LogP contribution >= 0.6 is 0 Å². The molecule has 0 unspecified atom stereocenters. The first-order valence-electron chi connectivity index (χ1n) is 8.35. The van der Waals surface area contributed by atoms with Crippen LogP contribution in [0.1, 0.15) is 16.8 Å². The Morgan fingerprint density at radius 2 is 1.88 bits per heavy atom. The summed E-state index contributed by atoms with van der Waals surface area (Å²) in [6, 6.07) is 10.6. The van der Waals surface area contributed by atoms with Crippen molar-refractivity contribution in [3.05, 3.63) is 65.5 Å². The number of carbonyl (C=O) groups excluding carboxylic acids is 1. The maximum atomic E-state index is 13.1. The fourth-order valence-corrected chi connectivity index (χ4v) is 3.27. The van der Waals surface area contributed by atoms with Crippen LogP contribution in [0.3, 0.4) is 0 Å². The van der Waals surface area contributed by atoms with Crippen LogP contribution in [0.5, 0.6) is 0 Å². The van der Waals surface area contributed by atoms with Crippen molar-refractivity contribution < 1.29 is 23.1 Å². The topological polar surface area (TPSA) is 53.4 Å². The number of benzene rings is 1. The zero-order chi connectivity index (χ0) is 18.7. The van der Waals surface area contributed by atoms with Crippen molar-refractivity contribution >= 4 is 5.91 Å². The van der Waals surface area contributed by atoms with Crippen LogP contribution in [0.4, 0.5) is 13.2 Å². The Labute approximate surface area is 149 Å². The average Bonchev–Trinajstić information content (AvgIpc) is 2.96. The maximum Gasteiger partial charge on any atom is 0.416 e. The van der Waals surface area contributed by atoms with E-state index in [4.69, 9.17) is 0 Å². The molecule has 1 amide bonds. The molecular formula is C19H19F3N2O2. The third kappa shape index (κ3) is 4.22. The van der Waals surface area contributed by atoms with E-state index in [0.717, 1.165) is 11.8 Å². The van der Waals surface area contributed by atoms with Gasteiger partial charge in [0.1, 0.15) is 0 Å². The smallest absolute Gasteiger partial charge is 0.391 e. The fourth-order valence-electron chi connectivity index (χ4n) is 3.27. The molecule has 3 rings (SSSR count). The minimum atomic E-state index is -4.50. The van der Waals surface area contributed by atoms with Crippen LogP contribution in [0, 0.1) is 5.92 Å². The van der Waals surface area contributed by atoms with E-state index in [1.807, 2.05) is 12.1 Å². The highest BCUT2D eigenvalue weighted by Gasteiger charge is 2.36. The van der Waals surface area contributed by atoms with Gasteiger partial charge in [0.15, 0.2) is 0 Å². The molecule has 1 aliphatic heterocycles. The number of aliphatic hydroxyl groups is 1. The molecule has 2 heterocycles. The predicted molar refractivity (Wildman–Crippen MR) is 89.2 cm³/mol. The Kier molecular flexibility index (Phi) is 5.27. The lowest BCUT2D eigenvalue weighted by molar-refractivity contribution is -0.138. The van der Waals surface area contributed by atoms with Gasteiger partial charge in [0.05, 0.1) is 18.1 Å². The summed E-state index contributed by atoms with van der Waals surface area (Å²) in [4.78, 5) is 18.1. The summed E-state index contributed by atoms with van der Waals surface area (Å²) in [5, 5.41) is 10.2. The van der Waals surface area contributed by atoms with E-state index >= 15 is 0 Å². The van der Waals surface area contributed by atoms with Crippen LogP contribution in [0.25, 0.3) is 0 Å². The molecule has 1 aliphatic rings. The van der Waals surface area contributed by atoms with Gasteiger partial charge in [-0.15, -0.1) is 0 Å². The highest BCUT2D eigenvalue weighted by atomic mass is 19.4. The second kappa shape index (κ2) is 7.45. The highest BCUT2D eigenvalue weighted by molar-refractivity contribution is 5.79. The van der Waals surface area contributed by atoms with Gasteiger partial charge in [0, 0.05) is 30.9 Å². The largest absolute Gasteiger partial charge is 0.416 e. The lowest BCUT2D eigenvalue weighted by Crippen LogP contribution is -2.31. The Morgan fingerprint density at radius 3 is 2.58 bits per heavy atom. The minimum absolute atomic E-state index is 0.0485. The van der Waals surface area contributed by atoms with Crippen LogP contribution in [0.15, 0.2) is 48.7 Å². The number of likely N-dealkylation sites (tertiary alicyclic amines) is 1. The number of aromatic nitrogens is 1. The predicted octanol–water partition coefficient (Wildman–Crippen LogP) is 2.70. The second-order valence-electron chi connectivity index (χ2n) is 6.48. The first kappa shape index (κ1) is 18.4. The maximum absolute atomic E-state index is 13.1. The Hall–Kier alpha value is -2.41. The number of amides is 1. The molecule has 1 fully saturated rings. The summed E-state index contributed by atoms with van der Waals surface area (Å²) in [5.74, 6) is -0.587. The van der Waals surface area contributed by atoms with Crippen molar-refractivity contribution in [3.8, 4) is 0 Å². The van der Waals surface area contributed by atoms with E-state index in [0.29, 0.717) is 13.0 Å². The lowest BCUT2D eigenvalue weighted by Gasteiger charge is -2.18. The van der Waals surface area contributed by atoms with Gasteiger partial charge in [-0.3, -0.25) is 9.78 Å². The van der Waals surface area contributed by atoms with Crippen molar-refractivity contribution in [2.24, 2.45) is 5.92 Å². The Balaban J connectivity index is 1.67. The van der Waals surface area contributed by atoms with Gasteiger partial charge < -0.3 is 10.0 Å². The Bertz CT molecular complexity index is 765. The van der Waals surface area contributed by atoms with E-state index in [9.17, 15) is 23.1 Å². The number of alkyl halides is 3. The third-order valence-electron chi connectivity index (χ3n) is 4.62. The van der Waals surface area contributed by atoms with E-state index < -0.39 is 23.8 Å². The number of hydrogen-bond donors (Lipinski definition) is 1. The number of nitrogens with zero attached hydrogens (tertiary/aromatic N) is 2. The van der Waals surface area contributed by atoms with Crippen LogP contribution in [-0.2, 0) is 23.8 Å². The summed E-state index contributed by atoms with van der Waals surface area (Å²) in [6.07, 6.45) is -3.36. The van der Waals surface area contributed by atoms with Gasteiger partial charge in [-0.2, -0.15) is 13.2 Å². The number of β-amino-alcohol motifs (C(OH)–C–C–N with tert-alkyl or cyclic N) is 1. The molecule has 0 bridgehead atoms. The zero-order valence-electron chi connectivity index (χ0n) is 14.0. The lowest BCUT2D eigenvalue weighted by atomic mass is 10.00. The number of carbonyl (C=O) groups is 1. The van der Waals surface area contributed by atoms with E-state index in [1.54, 1.807) is 12.3 Å². The van der Waals surface area contributed by atoms with Crippen molar-refractivity contribution in [2.75, 3.05) is 13.1 Å². The molecule has 1 N–H and O–H groups in total. The van der Waals surface area contributed by atoms with Gasteiger partial charge in [-0.25, -0.2) is 0 Å². The molecule has 4 nitrogen and oxygen atoms in total. The molecule has 0 saturated carbocycles. The summed E-state index contributed by atoms with van der Waals surface area (Å²) in [7, 11) is 0. The Morgan fingerprint density at radius 1 is 1.15 bits per heavy atom.